The maximum absolute atomic E-state index is 13.4. The highest BCUT2D eigenvalue weighted by Gasteiger charge is 2.57. The summed E-state index contributed by atoms with van der Waals surface area (Å²) in [5.41, 5.74) is -0.321. The van der Waals surface area contributed by atoms with Gasteiger partial charge >= 0.3 is 12.1 Å². The number of rotatable bonds is 5. The second kappa shape index (κ2) is 8.99. The van der Waals surface area contributed by atoms with Gasteiger partial charge < -0.3 is 9.84 Å². The minimum atomic E-state index is -1.68. The fourth-order valence-corrected chi connectivity index (χ4v) is 4.02. The standard InChI is InChI=1S/C26H29NO5/c1-5-26(23(29)30)17-20(22(28)27(26)24(31)32-25(2,3)4)16-21(18-12-8-6-9-13-18)19-14-10-7-11-15-19/h6-16,21H,5,17H2,1-4H3,(H,29,30)/t26-/m0/s1. The van der Waals surface area contributed by atoms with Crippen molar-refractivity contribution < 1.29 is 24.2 Å². The molecule has 1 N–H and O–H groups in total. The van der Waals surface area contributed by atoms with Gasteiger partial charge in [0.1, 0.15) is 5.60 Å². The molecule has 0 aromatic heterocycles. The summed E-state index contributed by atoms with van der Waals surface area (Å²) in [5, 5.41) is 10.1. The molecule has 2 amide bonds. The molecule has 1 heterocycles. The minimum Gasteiger partial charge on any atom is -0.479 e. The van der Waals surface area contributed by atoms with E-state index in [1.165, 1.54) is 0 Å². The Balaban J connectivity index is 2.10. The van der Waals surface area contributed by atoms with Crippen molar-refractivity contribution >= 4 is 18.0 Å². The van der Waals surface area contributed by atoms with Gasteiger partial charge in [0.15, 0.2) is 5.54 Å². The molecule has 0 bridgehead atoms. The summed E-state index contributed by atoms with van der Waals surface area (Å²) in [6, 6.07) is 19.3. The average Bonchev–Trinajstić information content (AvgIpc) is 3.05. The van der Waals surface area contributed by atoms with Gasteiger partial charge in [-0.2, -0.15) is 0 Å². The van der Waals surface area contributed by atoms with Gasteiger partial charge in [0, 0.05) is 17.9 Å². The molecule has 2 aromatic rings. The number of carboxylic acids is 1. The van der Waals surface area contributed by atoms with E-state index in [9.17, 15) is 19.5 Å². The van der Waals surface area contributed by atoms with Crippen molar-refractivity contribution in [1.82, 2.24) is 4.90 Å². The zero-order valence-electron chi connectivity index (χ0n) is 18.9. The molecule has 0 radical (unpaired) electrons. The summed E-state index contributed by atoms with van der Waals surface area (Å²) >= 11 is 0. The largest absolute Gasteiger partial charge is 0.479 e. The van der Waals surface area contributed by atoms with Crippen LogP contribution in [0.25, 0.3) is 0 Å². The molecular formula is C26H29NO5. The van der Waals surface area contributed by atoms with E-state index in [4.69, 9.17) is 4.74 Å². The van der Waals surface area contributed by atoms with Crippen LogP contribution in [-0.4, -0.2) is 39.1 Å². The van der Waals surface area contributed by atoms with Gasteiger partial charge in [-0.3, -0.25) is 4.79 Å². The van der Waals surface area contributed by atoms with Crippen molar-refractivity contribution in [3.63, 3.8) is 0 Å². The molecule has 2 aromatic carbocycles. The predicted molar refractivity (Wildman–Crippen MR) is 121 cm³/mol. The Morgan fingerprint density at radius 1 is 1.06 bits per heavy atom. The van der Waals surface area contributed by atoms with Gasteiger partial charge in [-0.25, -0.2) is 14.5 Å². The van der Waals surface area contributed by atoms with Gasteiger partial charge in [0.25, 0.3) is 5.91 Å². The molecule has 1 atom stereocenters. The molecule has 0 spiro atoms. The molecule has 1 fully saturated rings. The summed E-state index contributed by atoms with van der Waals surface area (Å²) in [4.78, 5) is 39.4. The van der Waals surface area contributed by atoms with Crippen LogP contribution in [0.3, 0.4) is 0 Å². The van der Waals surface area contributed by atoms with Crippen molar-refractivity contribution in [2.75, 3.05) is 0 Å². The van der Waals surface area contributed by atoms with Crippen LogP contribution in [0.4, 0.5) is 4.79 Å². The third-order valence-electron chi connectivity index (χ3n) is 5.63. The molecule has 1 aliphatic heterocycles. The predicted octanol–water partition coefficient (Wildman–Crippen LogP) is 5.15. The van der Waals surface area contributed by atoms with Crippen LogP contribution in [0, 0.1) is 0 Å². The van der Waals surface area contributed by atoms with E-state index in [2.05, 4.69) is 0 Å². The SMILES string of the molecule is CC[C@@]1(C(=O)O)CC(=CC(c2ccccc2)c2ccccc2)C(=O)N1C(=O)OC(C)(C)C. The van der Waals surface area contributed by atoms with E-state index < -0.39 is 29.1 Å². The number of hydrogen-bond acceptors (Lipinski definition) is 4. The smallest absolute Gasteiger partial charge is 0.418 e. The number of nitrogens with zero attached hydrogens (tertiary/aromatic N) is 1. The fourth-order valence-electron chi connectivity index (χ4n) is 4.02. The third kappa shape index (κ3) is 4.59. The lowest BCUT2D eigenvalue weighted by Gasteiger charge is -2.33. The summed E-state index contributed by atoms with van der Waals surface area (Å²) in [6.07, 6.45) is 0.843. The molecule has 1 saturated heterocycles. The lowest BCUT2D eigenvalue weighted by Crippen LogP contribution is -2.55. The van der Waals surface area contributed by atoms with Gasteiger partial charge in [0.2, 0.25) is 0 Å². The van der Waals surface area contributed by atoms with E-state index in [1.807, 2.05) is 60.7 Å². The number of likely N-dealkylation sites (tertiary alicyclic amines) is 1. The molecule has 3 rings (SSSR count). The van der Waals surface area contributed by atoms with Crippen LogP contribution in [0.5, 0.6) is 0 Å². The second-order valence-electron chi connectivity index (χ2n) is 8.98. The average molecular weight is 436 g/mol. The van der Waals surface area contributed by atoms with Crippen LogP contribution in [0.15, 0.2) is 72.3 Å². The third-order valence-corrected chi connectivity index (χ3v) is 5.63. The normalized spacial score (nSPS) is 20.1. The molecule has 1 aliphatic rings. The summed E-state index contributed by atoms with van der Waals surface area (Å²) in [7, 11) is 0. The highest BCUT2D eigenvalue weighted by atomic mass is 16.6. The molecular weight excluding hydrogens is 406 g/mol. The first-order chi connectivity index (χ1) is 15.1. The molecule has 6 nitrogen and oxygen atoms in total. The number of imide groups is 1. The van der Waals surface area contributed by atoms with Crippen molar-refractivity contribution in [3.05, 3.63) is 83.4 Å². The maximum Gasteiger partial charge on any atom is 0.418 e. The van der Waals surface area contributed by atoms with E-state index in [0.29, 0.717) is 0 Å². The van der Waals surface area contributed by atoms with Crippen LogP contribution in [-0.2, 0) is 14.3 Å². The zero-order valence-corrected chi connectivity index (χ0v) is 18.9. The zero-order chi connectivity index (χ0) is 23.5. The Bertz CT molecular complexity index is 984. The van der Waals surface area contributed by atoms with Gasteiger partial charge in [-0.05, 0) is 38.3 Å². The Morgan fingerprint density at radius 2 is 1.56 bits per heavy atom. The van der Waals surface area contributed by atoms with E-state index >= 15 is 0 Å². The van der Waals surface area contributed by atoms with Crippen LogP contribution >= 0.6 is 0 Å². The number of ether oxygens (including phenoxy) is 1. The number of benzene rings is 2. The second-order valence-corrected chi connectivity index (χ2v) is 8.98. The van der Waals surface area contributed by atoms with Crippen molar-refractivity contribution in [2.24, 2.45) is 0 Å². The Morgan fingerprint density at radius 3 is 1.97 bits per heavy atom. The summed E-state index contributed by atoms with van der Waals surface area (Å²) in [6.45, 7) is 6.69. The monoisotopic (exact) mass is 435 g/mol. The molecule has 0 saturated carbocycles. The highest BCUT2D eigenvalue weighted by Crippen LogP contribution is 2.40. The minimum absolute atomic E-state index is 0.0754. The molecule has 32 heavy (non-hydrogen) atoms. The molecule has 6 heteroatoms. The van der Waals surface area contributed by atoms with E-state index in [0.717, 1.165) is 16.0 Å². The fraction of sp³-hybridized carbons (Fsp3) is 0.346. The van der Waals surface area contributed by atoms with E-state index in [1.54, 1.807) is 33.8 Å². The van der Waals surface area contributed by atoms with Crippen molar-refractivity contribution in [3.8, 4) is 0 Å². The molecule has 0 unspecified atom stereocenters. The maximum atomic E-state index is 13.4. The number of hydrogen-bond donors (Lipinski definition) is 1. The summed E-state index contributed by atoms with van der Waals surface area (Å²) < 4.78 is 5.40. The molecule has 168 valence electrons. The van der Waals surface area contributed by atoms with Gasteiger partial charge in [0.05, 0.1) is 0 Å². The first kappa shape index (κ1) is 23.3. The first-order valence-corrected chi connectivity index (χ1v) is 10.7. The summed E-state index contributed by atoms with van der Waals surface area (Å²) in [5.74, 6) is -2.11. The van der Waals surface area contributed by atoms with Crippen molar-refractivity contribution in [2.45, 2.75) is 57.6 Å². The van der Waals surface area contributed by atoms with Crippen molar-refractivity contribution in [1.29, 1.82) is 0 Å². The van der Waals surface area contributed by atoms with Crippen LogP contribution in [0.1, 0.15) is 57.6 Å². The lowest BCUT2D eigenvalue weighted by molar-refractivity contribution is -0.153. The van der Waals surface area contributed by atoms with Gasteiger partial charge in [-0.1, -0.05) is 73.7 Å². The highest BCUT2D eigenvalue weighted by molar-refractivity contribution is 6.10. The van der Waals surface area contributed by atoms with E-state index in [-0.39, 0.29) is 24.3 Å². The Hall–Kier alpha value is -3.41. The first-order valence-electron chi connectivity index (χ1n) is 10.7. The molecule has 0 aliphatic carbocycles. The van der Waals surface area contributed by atoms with Crippen LogP contribution < -0.4 is 0 Å². The van der Waals surface area contributed by atoms with Gasteiger partial charge in [-0.15, -0.1) is 0 Å². The quantitative estimate of drug-likeness (QED) is 0.657. The van der Waals surface area contributed by atoms with Crippen LogP contribution in [0.2, 0.25) is 0 Å². The number of amides is 2. The number of carbonyl (C=O) groups excluding carboxylic acids is 2. The Kier molecular flexibility index (Phi) is 6.53. The number of allylic oxidation sites excluding steroid dienone is 1. The number of aliphatic carboxylic acids is 1. The lowest BCUT2D eigenvalue weighted by atomic mass is 9.86. The number of carbonyl (C=O) groups is 3. The Labute approximate surface area is 188 Å². The topological polar surface area (TPSA) is 83.9 Å². The number of carboxylic acid groups (broad SMARTS) is 1.